The van der Waals surface area contributed by atoms with Crippen LogP contribution in [0.25, 0.3) is 0 Å². The van der Waals surface area contributed by atoms with Gasteiger partial charge in [-0.1, -0.05) is 0 Å². The Morgan fingerprint density at radius 2 is 2.09 bits per heavy atom. The van der Waals surface area contributed by atoms with Gasteiger partial charge in [0.1, 0.15) is 11.6 Å². The average Bonchev–Trinajstić information content (AvgIpc) is 2.76. The Balaban J connectivity index is 2.16. The molecule has 0 unspecified atom stereocenters. The molecule has 0 aliphatic rings. The number of phenols is 1. The van der Waals surface area contributed by atoms with Gasteiger partial charge in [-0.15, -0.1) is 0 Å². The molecule has 0 atom stereocenters. The number of nitrogens with one attached hydrogen (secondary N) is 1. The summed E-state index contributed by atoms with van der Waals surface area (Å²) in [5, 5.41) is 44.8. The van der Waals surface area contributed by atoms with E-state index in [2.05, 4.69) is 26.0 Å². The maximum absolute atomic E-state index is 12.0. The highest BCUT2D eigenvalue weighted by atomic mass is 79.9. The first-order chi connectivity index (χ1) is 15.6. The van der Waals surface area contributed by atoms with E-state index in [0.717, 1.165) is 12.3 Å². The van der Waals surface area contributed by atoms with Crippen LogP contribution >= 0.6 is 15.9 Å². The molecule has 1 amide bonds. The van der Waals surface area contributed by atoms with Crippen molar-refractivity contribution in [2.24, 2.45) is 5.10 Å². The maximum atomic E-state index is 12.0. The van der Waals surface area contributed by atoms with E-state index >= 15 is 0 Å². The molecule has 1 heterocycles. The minimum Gasteiger partial charge on any atom is -0.502 e. The molecule has 0 radical (unpaired) electrons. The van der Waals surface area contributed by atoms with Crippen LogP contribution in [0.2, 0.25) is 0 Å². The standard InChI is InChI=1S/C18H15BrN6O8/c1-9-16(19)13(7-32-2)12(5-20)18(22-9)33-8-15(26)23-21-6-10-3-11(24(28)29)4-14(17(10)27)25(30)31/h3-4,6,27H,7-8H2,1-2H3,(H,23,26). The smallest absolute Gasteiger partial charge is 0.318 e. The Morgan fingerprint density at radius 3 is 2.67 bits per heavy atom. The summed E-state index contributed by atoms with van der Waals surface area (Å²) in [6.07, 6.45) is 0.798. The number of nitrogens with zero attached hydrogens (tertiary/aromatic N) is 5. The molecule has 2 N–H and O–H groups in total. The number of methoxy groups -OCH3 is 1. The van der Waals surface area contributed by atoms with E-state index in [4.69, 9.17) is 9.47 Å². The number of nitro groups is 2. The molecular formula is C18H15BrN6O8. The van der Waals surface area contributed by atoms with Gasteiger partial charge >= 0.3 is 5.69 Å². The third kappa shape index (κ3) is 5.96. The lowest BCUT2D eigenvalue weighted by Gasteiger charge is -2.13. The monoisotopic (exact) mass is 522 g/mol. The van der Waals surface area contributed by atoms with Gasteiger partial charge in [-0.05, 0) is 22.9 Å². The van der Waals surface area contributed by atoms with Crippen molar-refractivity contribution < 1.29 is 29.2 Å². The van der Waals surface area contributed by atoms with Gasteiger partial charge in [0.15, 0.2) is 6.61 Å². The zero-order valence-corrected chi connectivity index (χ0v) is 18.7. The number of nitro benzene ring substituents is 2. The Hall–Kier alpha value is -4.16. The van der Waals surface area contributed by atoms with Crippen molar-refractivity contribution in [1.29, 1.82) is 5.26 Å². The second-order valence-electron chi connectivity index (χ2n) is 6.21. The predicted octanol–water partition coefficient (Wildman–Crippen LogP) is 2.22. The molecule has 33 heavy (non-hydrogen) atoms. The highest BCUT2D eigenvalue weighted by Gasteiger charge is 2.23. The largest absolute Gasteiger partial charge is 0.502 e. The zero-order chi connectivity index (χ0) is 24.7. The molecule has 15 heteroatoms. The van der Waals surface area contributed by atoms with E-state index < -0.39 is 39.5 Å². The number of hydrogen-bond acceptors (Lipinski definition) is 11. The van der Waals surface area contributed by atoms with Gasteiger partial charge in [-0.3, -0.25) is 25.0 Å². The molecule has 172 valence electrons. The highest BCUT2D eigenvalue weighted by Crippen LogP contribution is 2.33. The summed E-state index contributed by atoms with van der Waals surface area (Å²) in [6.45, 7) is 1.15. The summed E-state index contributed by atoms with van der Waals surface area (Å²) in [5.74, 6) is -1.76. The number of aryl methyl sites for hydroxylation is 1. The third-order valence-corrected chi connectivity index (χ3v) is 5.06. The number of hydrazone groups is 1. The molecule has 0 spiro atoms. The van der Waals surface area contributed by atoms with Gasteiger partial charge in [-0.2, -0.15) is 10.4 Å². The van der Waals surface area contributed by atoms with Gasteiger partial charge < -0.3 is 14.6 Å². The number of pyridine rings is 1. The van der Waals surface area contributed by atoms with Crippen molar-refractivity contribution in [3.63, 3.8) is 0 Å². The number of aromatic nitrogens is 1. The van der Waals surface area contributed by atoms with Crippen LogP contribution in [0.1, 0.15) is 22.4 Å². The number of carbonyl (C=O) groups is 1. The topological polar surface area (TPSA) is 203 Å². The molecule has 0 saturated carbocycles. The van der Waals surface area contributed by atoms with Crippen LogP contribution in [0.15, 0.2) is 21.7 Å². The quantitative estimate of drug-likeness (QED) is 0.279. The minimum atomic E-state index is -0.996. The van der Waals surface area contributed by atoms with Crippen molar-refractivity contribution >= 4 is 39.4 Å². The summed E-state index contributed by atoms with van der Waals surface area (Å²) in [7, 11) is 1.45. The fraction of sp³-hybridized carbons (Fsp3) is 0.222. The molecule has 0 saturated heterocycles. The first kappa shape index (κ1) is 25.1. The van der Waals surface area contributed by atoms with E-state index in [0.29, 0.717) is 21.8 Å². The lowest BCUT2D eigenvalue weighted by molar-refractivity contribution is -0.394. The molecule has 14 nitrogen and oxygen atoms in total. The Labute approximate surface area is 193 Å². The van der Waals surface area contributed by atoms with Crippen LogP contribution in [-0.2, 0) is 16.1 Å². The fourth-order valence-electron chi connectivity index (χ4n) is 2.52. The molecular weight excluding hydrogens is 508 g/mol. The second kappa shape index (κ2) is 10.9. The lowest BCUT2D eigenvalue weighted by atomic mass is 10.1. The number of rotatable bonds is 9. The van der Waals surface area contributed by atoms with Crippen molar-refractivity contribution in [3.8, 4) is 17.7 Å². The SMILES string of the molecule is COCc1c(Br)c(C)nc(OCC(=O)NN=Cc2cc([N+](=O)[O-])cc([N+](=O)[O-])c2O)c1C#N. The number of aromatic hydroxyl groups is 1. The molecule has 2 aromatic rings. The summed E-state index contributed by atoms with van der Waals surface area (Å²) in [4.78, 5) is 36.2. The van der Waals surface area contributed by atoms with Crippen LogP contribution in [-0.4, -0.2) is 45.8 Å². The summed E-state index contributed by atoms with van der Waals surface area (Å²) in [5.41, 5.74) is 1.19. The number of nitriles is 1. The van der Waals surface area contributed by atoms with Crippen LogP contribution < -0.4 is 10.2 Å². The van der Waals surface area contributed by atoms with E-state index in [1.54, 1.807) is 6.92 Å². The first-order valence-electron chi connectivity index (χ1n) is 8.79. The zero-order valence-electron chi connectivity index (χ0n) is 17.1. The van der Waals surface area contributed by atoms with E-state index in [9.17, 15) is 35.4 Å². The number of carbonyl (C=O) groups excluding carboxylic acids is 1. The molecule has 0 bridgehead atoms. The van der Waals surface area contributed by atoms with Crippen LogP contribution in [0, 0.1) is 38.5 Å². The van der Waals surface area contributed by atoms with E-state index in [1.165, 1.54) is 7.11 Å². The number of benzene rings is 1. The summed E-state index contributed by atoms with van der Waals surface area (Å²) >= 11 is 3.32. The number of ether oxygens (including phenoxy) is 2. The first-order valence-corrected chi connectivity index (χ1v) is 9.58. The Bertz CT molecular complexity index is 1190. The normalized spacial score (nSPS) is 10.6. The molecule has 2 rings (SSSR count). The summed E-state index contributed by atoms with van der Waals surface area (Å²) < 4.78 is 10.9. The summed E-state index contributed by atoms with van der Waals surface area (Å²) in [6, 6.07) is 3.38. The molecule has 0 fully saturated rings. The van der Waals surface area contributed by atoms with Crippen molar-refractivity contribution in [2.75, 3.05) is 13.7 Å². The lowest BCUT2D eigenvalue weighted by Crippen LogP contribution is -2.25. The van der Waals surface area contributed by atoms with E-state index in [-0.39, 0.29) is 23.6 Å². The van der Waals surface area contributed by atoms with Gasteiger partial charge in [0, 0.05) is 23.2 Å². The van der Waals surface area contributed by atoms with Gasteiger partial charge in [-0.25, -0.2) is 10.4 Å². The van der Waals surface area contributed by atoms with E-state index in [1.807, 2.05) is 11.5 Å². The number of halogens is 1. The average molecular weight is 523 g/mol. The van der Waals surface area contributed by atoms with Crippen LogP contribution in [0.5, 0.6) is 11.6 Å². The van der Waals surface area contributed by atoms with Crippen LogP contribution in [0.3, 0.4) is 0 Å². The van der Waals surface area contributed by atoms with Crippen LogP contribution in [0.4, 0.5) is 11.4 Å². The van der Waals surface area contributed by atoms with Crippen molar-refractivity contribution in [1.82, 2.24) is 10.4 Å². The van der Waals surface area contributed by atoms with Crippen molar-refractivity contribution in [3.05, 3.63) is 59.2 Å². The fourth-order valence-corrected chi connectivity index (χ4v) is 2.92. The molecule has 1 aromatic carbocycles. The second-order valence-corrected chi connectivity index (χ2v) is 7.01. The van der Waals surface area contributed by atoms with Crippen molar-refractivity contribution in [2.45, 2.75) is 13.5 Å². The number of phenolic OH excluding ortho intramolecular Hbond substituents is 1. The van der Waals surface area contributed by atoms with Gasteiger partial charge in [0.25, 0.3) is 11.6 Å². The molecule has 0 aliphatic carbocycles. The van der Waals surface area contributed by atoms with Gasteiger partial charge in [0.2, 0.25) is 11.6 Å². The number of non-ortho nitro benzene ring substituents is 1. The van der Waals surface area contributed by atoms with Gasteiger partial charge in [0.05, 0.1) is 40.0 Å². The third-order valence-electron chi connectivity index (χ3n) is 4.01. The molecule has 1 aromatic heterocycles. The number of amides is 1. The highest BCUT2D eigenvalue weighted by molar-refractivity contribution is 9.10. The number of hydrogen-bond donors (Lipinski definition) is 2. The Morgan fingerprint density at radius 1 is 1.39 bits per heavy atom. The Kier molecular flexibility index (Phi) is 8.31. The minimum absolute atomic E-state index is 0.0689. The maximum Gasteiger partial charge on any atom is 0.318 e. The predicted molar refractivity (Wildman–Crippen MR) is 115 cm³/mol. The molecule has 0 aliphatic heterocycles.